The molecular formula is C20H24N2O2. The number of hydrogen-bond donors (Lipinski definition) is 0. The Bertz CT molecular complexity index is 706. The molecule has 1 fully saturated rings. The van der Waals surface area contributed by atoms with E-state index in [1.807, 2.05) is 48.2 Å². The van der Waals surface area contributed by atoms with Crippen LogP contribution in [0, 0.1) is 6.92 Å². The Morgan fingerprint density at radius 3 is 2.50 bits per heavy atom. The zero-order valence-electron chi connectivity index (χ0n) is 14.4. The normalized spacial score (nSPS) is 15.3. The molecule has 1 aliphatic rings. The molecule has 0 aliphatic carbocycles. The SMILES string of the molecule is COc1cccc(CN2CCN(C(=O)c3ccccc3C)CC2)c1. The van der Waals surface area contributed by atoms with Crippen LogP contribution in [-0.2, 0) is 6.54 Å². The summed E-state index contributed by atoms with van der Waals surface area (Å²) in [6.07, 6.45) is 0. The number of carbonyl (C=O) groups is 1. The maximum Gasteiger partial charge on any atom is 0.254 e. The number of aryl methyl sites for hydroxylation is 1. The van der Waals surface area contributed by atoms with E-state index in [0.29, 0.717) is 0 Å². The fourth-order valence-electron chi connectivity index (χ4n) is 3.12. The lowest BCUT2D eigenvalue weighted by Gasteiger charge is -2.35. The van der Waals surface area contributed by atoms with Crippen LogP contribution in [-0.4, -0.2) is 49.0 Å². The zero-order chi connectivity index (χ0) is 16.9. The molecule has 0 saturated carbocycles. The Morgan fingerprint density at radius 1 is 1.04 bits per heavy atom. The highest BCUT2D eigenvalue weighted by Gasteiger charge is 2.22. The van der Waals surface area contributed by atoms with Crippen molar-refractivity contribution in [2.75, 3.05) is 33.3 Å². The van der Waals surface area contributed by atoms with E-state index >= 15 is 0 Å². The van der Waals surface area contributed by atoms with Crippen molar-refractivity contribution in [3.05, 3.63) is 65.2 Å². The van der Waals surface area contributed by atoms with Gasteiger partial charge in [-0.3, -0.25) is 9.69 Å². The smallest absolute Gasteiger partial charge is 0.254 e. The maximum absolute atomic E-state index is 12.7. The summed E-state index contributed by atoms with van der Waals surface area (Å²) in [5, 5.41) is 0. The number of methoxy groups -OCH3 is 1. The molecule has 3 rings (SSSR count). The number of ether oxygens (including phenoxy) is 1. The lowest BCUT2D eigenvalue weighted by Crippen LogP contribution is -2.48. The summed E-state index contributed by atoms with van der Waals surface area (Å²) in [5.41, 5.74) is 3.10. The molecule has 2 aromatic carbocycles. The first kappa shape index (κ1) is 16.5. The van der Waals surface area contributed by atoms with Gasteiger partial charge in [-0.25, -0.2) is 0 Å². The summed E-state index contributed by atoms with van der Waals surface area (Å²) < 4.78 is 5.28. The average Bonchev–Trinajstić information content (AvgIpc) is 2.62. The van der Waals surface area contributed by atoms with Crippen LogP contribution >= 0.6 is 0 Å². The van der Waals surface area contributed by atoms with Gasteiger partial charge in [-0.05, 0) is 36.2 Å². The van der Waals surface area contributed by atoms with Gasteiger partial charge in [-0.2, -0.15) is 0 Å². The molecule has 1 aliphatic heterocycles. The quantitative estimate of drug-likeness (QED) is 0.867. The number of nitrogens with zero attached hydrogens (tertiary/aromatic N) is 2. The molecule has 0 atom stereocenters. The standard InChI is InChI=1S/C20H24N2O2/c1-16-6-3-4-9-19(16)20(23)22-12-10-21(11-13-22)15-17-7-5-8-18(14-17)24-2/h3-9,14H,10-13,15H2,1-2H3. The van der Waals surface area contributed by atoms with Crippen molar-refractivity contribution in [1.29, 1.82) is 0 Å². The minimum atomic E-state index is 0.147. The van der Waals surface area contributed by atoms with Crippen LogP contribution in [0.5, 0.6) is 5.75 Å². The predicted octanol–water partition coefficient (Wildman–Crippen LogP) is 2.96. The van der Waals surface area contributed by atoms with Gasteiger partial charge in [-0.15, -0.1) is 0 Å². The zero-order valence-corrected chi connectivity index (χ0v) is 14.4. The number of piperazine rings is 1. The lowest BCUT2D eigenvalue weighted by molar-refractivity contribution is 0.0627. The minimum absolute atomic E-state index is 0.147. The molecule has 4 nitrogen and oxygen atoms in total. The van der Waals surface area contributed by atoms with E-state index in [1.165, 1.54) is 5.56 Å². The Balaban J connectivity index is 1.57. The molecule has 0 bridgehead atoms. The van der Waals surface area contributed by atoms with Gasteiger partial charge in [0.15, 0.2) is 0 Å². The van der Waals surface area contributed by atoms with Crippen molar-refractivity contribution in [2.45, 2.75) is 13.5 Å². The van der Waals surface area contributed by atoms with E-state index in [9.17, 15) is 4.79 Å². The van der Waals surface area contributed by atoms with Crippen LogP contribution in [0.15, 0.2) is 48.5 Å². The van der Waals surface area contributed by atoms with Crippen LogP contribution in [0.4, 0.5) is 0 Å². The molecule has 0 aromatic heterocycles. The highest BCUT2D eigenvalue weighted by Crippen LogP contribution is 2.17. The fourth-order valence-corrected chi connectivity index (χ4v) is 3.12. The number of carbonyl (C=O) groups excluding carboxylic acids is 1. The maximum atomic E-state index is 12.7. The number of amides is 1. The van der Waals surface area contributed by atoms with E-state index in [0.717, 1.165) is 49.6 Å². The molecule has 0 spiro atoms. The van der Waals surface area contributed by atoms with Crippen molar-refractivity contribution in [1.82, 2.24) is 9.80 Å². The molecule has 0 N–H and O–H groups in total. The predicted molar refractivity (Wildman–Crippen MR) is 95.4 cm³/mol. The first-order valence-corrected chi connectivity index (χ1v) is 8.37. The van der Waals surface area contributed by atoms with Crippen LogP contribution in [0.3, 0.4) is 0 Å². The van der Waals surface area contributed by atoms with E-state index in [2.05, 4.69) is 17.0 Å². The molecule has 1 amide bonds. The summed E-state index contributed by atoms with van der Waals surface area (Å²) >= 11 is 0. The van der Waals surface area contributed by atoms with Crippen LogP contribution in [0.25, 0.3) is 0 Å². The summed E-state index contributed by atoms with van der Waals surface area (Å²) in [6, 6.07) is 16.0. The topological polar surface area (TPSA) is 32.8 Å². The number of hydrogen-bond acceptors (Lipinski definition) is 3. The van der Waals surface area contributed by atoms with Gasteiger partial charge >= 0.3 is 0 Å². The van der Waals surface area contributed by atoms with Gasteiger partial charge in [0.1, 0.15) is 5.75 Å². The van der Waals surface area contributed by atoms with Crippen molar-refractivity contribution in [3.63, 3.8) is 0 Å². The molecule has 1 heterocycles. The second kappa shape index (κ2) is 7.49. The number of rotatable bonds is 4. The summed E-state index contributed by atoms with van der Waals surface area (Å²) in [7, 11) is 1.69. The summed E-state index contributed by atoms with van der Waals surface area (Å²) in [4.78, 5) is 17.0. The van der Waals surface area contributed by atoms with E-state index < -0.39 is 0 Å². The molecular weight excluding hydrogens is 300 g/mol. The largest absolute Gasteiger partial charge is 0.497 e. The third kappa shape index (κ3) is 3.77. The van der Waals surface area contributed by atoms with E-state index in [1.54, 1.807) is 7.11 Å². The van der Waals surface area contributed by atoms with Gasteiger partial charge in [0.05, 0.1) is 7.11 Å². The number of benzene rings is 2. The monoisotopic (exact) mass is 324 g/mol. The first-order valence-electron chi connectivity index (χ1n) is 8.37. The van der Waals surface area contributed by atoms with Crippen molar-refractivity contribution >= 4 is 5.91 Å². The van der Waals surface area contributed by atoms with Crippen LogP contribution < -0.4 is 4.74 Å². The second-order valence-electron chi connectivity index (χ2n) is 6.23. The Hall–Kier alpha value is -2.33. The van der Waals surface area contributed by atoms with E-state index in [4.69, 9.17) is 4.74 Å². The molecule has 1 saturated heterocycles. The van der Waals surface area contributed by atoms with E-state index in [-0.39, 0.29) is 5.91 Å². The van der Waals surface area contributed by atoms with Crippen molar-refractivity contribution in [3.8, 4) is 5.75 Å². The molecule has 2 aromatic rings. The van der Waals surface area contributed by atoms with Crippen LogP contribution in [0.2, 0.25) is 0 Å². The Labute approximate surface area is 143 Å². The highest BCUT2D eigenvalue weighted by atomic mass is 16.5. The van der Waals surface area contributed by atoms with Gasteiger partial charge in [0.25, 0.3) is 5.91 Å². The molecule has 0 radical (unpaired) electrons. The van der Waals surface area contributed by atoms with Crippen molar-refractivity contribution in [2.24, 2.45) is 0 Å². The average molecular weight is 324 g/mol. The summed E-state index contributed by atoms with van der Waals surface area (Å²) in [6.45, 7) is 6.23. The van der Waals surface area contributed by atoms with Gasteiger partial charge < -0.3 is 9.64 Å². The lowest BCUT2D eigenvalue weighted by atomic mass is 10.1. The highest BCUT2D eigenvalue weighted by molar-refractivity contribution is 5.95. The first-order chi connectivity index (χ1) is 11.7. The Morgan fingerprint density at radius 2 is 1.79 bits per heavy atom. The molecule has 126 valence electrons. The fraction of sp³-hybridized carbons (Fsp3) is 0.350. The molecule has 4 heteroatoms. The molecule has 0 unspecified atom stereocenters. The third-order valence-corrected chi connectivity index (χ3v) is 4.58. The molecule has 24 heavy (non-hydrogen) atoms. The van der Waals surface area contributed by atoms with Gasteiger partial charge in [0.2, 0.25) is 0 Å². The third-order valence-electron chi connectivity index (χ3n) is 4.58. The minimum Gasteiger partial charge on any atom is -0.497 e. The van der Waals surface area contributed by atoms with Crippen LogP contribution in [0.1, 0.15) is 21.5 Å². The second-order valence-corrected chi connectivity index (χ2v) is 6.23. The van der Waals surface area contributed by atoms with Gasteiger partial charge in [-0.1, -0.05) is 30.3 Å². The van der Waals surface area contributed by atoms with Crippen molar-refractivity contribution < 1.29 is 9.53 Å². The Kier molecular flexibility index (Phi) is 5.16. The van der Waals surface area contributed by atoms with Gasteiger partial charge in [0, 0.05) is 38.3 Å². The summed E-state index contributed by atoms with van der Waals surface area (Å²) in [5.74, 6) is 1.04.